The summed E-state index contributed by atoms with van der Waals surface area (Å²) in [5.74, 6) is 0.777. The SMILES string of the molecule is CCOc1ccccc1OC(=O)C1CCN(S(=O)(=O)c2ccc(OC)cc2)CC1. The van der Waals surface area contributed by atoms with Crippen molar-refractivity contribution in [1.29, 1.82) is 0 Å². The molecule has 1 aliphatic heterocycles. The van der Waals surface area contributed by atoms with Crippen LogP contribution < -0.4 is 14.2 Å². The number of piperidine rings is 1. The van der Waals surface area contributed by atoms with Crippen molar-refractivity contribution in [2.45, 2.75) is 24.7 Å². The van der Waals surface area contributed by atoms with E-state index < -0.39 is 10.0 Å². The van der Waals surface area contributed by atoms with Gasteiger partial charge < -0.3 is 14.2 Å². The lowest BCUT2D eigenvalue weighted by Gasteiger charge is -2.30. The first-order chi connectivity index (χ1) is 14.0. The first-order valence-electron chi connectivity index (χ1n) is 9.53. The Hall–Kier alpha value is -2.58. The number of ether oxygens (including phenoxy) is 3. The van der Waals surface area contributed by atoms with Gasteiger partial charge in [0.05, 0.1) is 24.5 Å². The van der Waals surface area contributed by atoms with E-state index in [0.29, 0.717) is 36.7 Å². The quantitative estimate of drug-likeness (QED) is 0.507. The van der Waals surface area contributed by atoms with Crippen LogP contribution in [0.25, 0.3) is 0 Å². The van der Waals surface area contributed by atoms with Crippen LogP contribution in [0.3, 0.4) is 0 Å². The second kappa shape index (κ2) is 9.28. The minimum Gasteiger partial charge on any atom is -0.497 e. The monoisotopic (exact) mass is 419 g/mol. The Morgan fingerprint density at radius 3 is 2.24 bits per heavy atom. The van der Waals surface area contributed by atoms with Gasteiger partial charge in [0.15, 0.2) is 11.5 Å². The predicted octanol–water partition coefficient (Wildman–Crippen LogP) is 3.10. The number of carbonyl (C=O) groups is 1. The van der Waals surface area contributed by atoms with E-state index in [1.165, 1.54) is 23.5 Å². The zero-order valence-corrected chi connectivity index (χ0v) is 17.4. The predicted molar refractivity (Wildman–Crippen MR) is 108 cm³/mol. The minimum atomic E-state index is -3.60. The lowest BCUT2D eigenvalue weighted by atomic mass is 9.98. The van der Waals surface area contributed by atoms with E-state index in [4.69, 9.17) is 14.2 Å². The summed E-state index contributed by atoms with van der Waals surface area (Å²) in [6, 6.07) is 13.3. The van der Waals surface area contributed by atoms with E-state index in [9.17, 15) is 13.2 Å². The Morgan fingerprint density at radius 2 is 1.66 bits per heavy atom. The van der Waals surface area contributed by atoms with Crippen molar-refractivity contribution in [2.75, 3.05) is 26.8 Å². The molecule has 0 radical (unpaired) electrons. The summed E-state index contributed by atoms with van der Waals surface area (Å²) in [6.45, 7) is 2.86. The first kappa shape index (κ1) is 21.1. The molecular weight excluding hydrogens is 394 g/mol. The van der Waals surface area contributed by atoms with Crippen LogP contribution in [0.15, 0.2) is 53.4 Å². The molecule has 2 aromatic rings. The van der Waals surface area contributed by atoms with Crippen LogP contribution in [0.1, 0.15) is 19.8 Å². The topological polar surface area (TPSA) is 82.1 Å². The van der Waals surface area contributed by atoms with Crippen molar-refractivity contribution in [3.63, 3.8) is 0 Å². The van der Waals surface area contributed by atoms with E-state index in [-0.39, 0.29) is 29.9 Å². The van der Waals surface area contributed by atoms with Crippen molar-refractivity contribution in [3.05, 3.63) is 48.5 Å². The lowest BCUT2D eigenvalue weighted by molar-refractivity contribution is -0.140. The van der Waals surface area contributed by atoms with Gasteiger partial charge in [-0.25, -0.2) is 8.42 Å². The average Bonchev–Trinajstić information content (AvgIpc) is 2.75. The number of sulfonamides is 1. The zero-order chi connectivity index (χ0) is 20.9. The van der Waals surface area contributed by atoms with Crippen LogP contribution in [-0.4, -0.2) is 45.5 Å². The third-order valence-electron chi connectivity index (χ3n) is 4.84. The third kappa shape index (κ3) is 4.89. The summed E-state index contributed by atoms with van der Waals surface area (Å²) >= 11 is 0. The summed E-state index contributed by atoms with van der Waals surface area (Å²) in [6.07, 6.45) is 0.816. The maximum Gasteiger partial charge on any atom is 0.314 e. The minimum absolute atomic E-state index is 0.213. The molecule has 3 rings (SSSR count). The highest BCUT2D eigenvalue weighted by Crippen LogP contribution is 2.30. The third-order valence-corrected chi connectivity index (χ3v) is 6.76. The lowest BCUT2D eigenvalue weighted by Crippen LogP contribution is -2.41. The molecule has 0 aromatic heterocycles. The fourth-order valence-electron chi connectivity index (χ4n) is 3.23. The molecule has 1 fully saturated rings. The molecule has 0 atom stereocenters. The molecule has 0 spiro atoms. The molecule has 7 nitrogen and oxygen atoms in total. The summed E-state index contributed by atoms with van der Waals surface area (Å²) in [5.41, 5.74) is 0. The van der Waals surface area contributed by atoms with Crippen LogP contribution >= 0.6 is 0 Å². The molecule has 1 aliphatic rings. The Morgan fingerprint density at radius 1 is 1.03 bits per heavy atom. The zero-order valence-electron chi connectivity index (χ0n) is 16.5. The van der Waals surface area contributed by atoms with E-state index in [1.54, 1.807) is 30.3 Å². The van der Waals surface area contributed by atoms with Crippen LogP contribution in [0.5, 0.6) is 17.2 Å². The van der Waals surface area contributed by atoms with Crippen molar-refractivity contribution < 1.29 is 27.4 Å². The van der Waals surface area contributed by atoms with Gasteiger partial charge in [-0.3, -0.25) is 4.79 Å². The van der Waals surface area contributed by atoms with Crippen LogP contribution in [-0.2, 0) is 14.8 Å². The molecule has 0 unspecified atom stereocenters. The molecular formula is C21H25NO6S. The molecule has 0 aliphatic carbocycles. The highest BCUT2D eigenvalue weighted by molar-refractivity contribution is 7.89. The molecule has 0 amide bonds. The number of esters is 1. The second-order valence-electron chi connectivity index (χ2n) is 6.65. The summed E-state index contributed by atoms with van der Waals surface area (Å²) in [5, 5.41) is 0. The van der Waals surface area contributed by atoms with Gasteiger partial charge in [-0.15, -0.1) is 0 Å². The van der Waals surface area contributed by atoms with Crippen molar-refractivity contribution >= 4 is 16.0 Å². The number of methoxy groups -OCH3 is 1. The molecule has 1 heterocycles. The summed E-state index contributed by atoms with van der Waals surface area (Å²) in [7, 11) is -2.08. The van der Waals surface area contributed by atoms with Gasteiger partial charge in [-0.2, -0.15) is 4.31 Å². The number of benzene rings is 2. The van der Waals surface area contributed by atoms with Crippen molar-refractivity contribution in [1.82, 2.24) is 4.31 Å². The van der Waals surface area contributed by atoms with Crippen LogP contribution in [0.2, 0.25) is 0 Å². The average molecular weight is 419 g/mol. The number of carbonyl (C=O) groups excluding carboxylic acids is 1. The van der Waals surface area contributed by atoms with E-state index in [0.717, 1.165) is 0 Å². The number of hydrogen-bond donors (Lipinski definition) is 0. The van der Waals surface area contributed by atoms with Gasteiger partial charge in [0.25, 0.3) is 0 Å². The Kier molecular flexibility index (Phi) is 6.76. The van der Waals surface area contributed by atoms with Gasteiger partial charge in [-0.05, 0) is 56.2 Å². The Labute approximate surface area is 171 Å². The first-order valence-corrected chi connectivity index (χ1v) is 11.0. The highest BCUT2D eigenvalue weighted by Gasteiger charge is 2.33. The molecule has 156 valence electrons. The van der Waals surface area contributed by atoms with Crippen LogP contribution in [0.4, 0.5) is 0 Å². The number of hydrogen-bond acceptors (Lipinski definition) is 6. The molecule has 2 aromatic carbocycles. The maximum atomic E-state index is 12.8. The number of nitrogens with zero attached hydrogens (tertiary/aromatic N) is 1. The maximum absolute atomic E-state index is 12.8. The molecule has 0 saturated carbocycles. The van der Waals surface area contributed by atoms with Crippen molar-refractivity contribution in [3.8, 4) is 17.2 Å². The normalized spacial score (nSPS) is 15.7. The number of rotatable bonds is 7. The van der Waals surface area contributed by atoms with Crippen molar-refractivity contribution in [2.24, 2.45) is 5.92 Å². The van der Waals surface area contributed by atoms with E-state index in [1.807, 2.05) is 13.0 Å². The fraction of sp³-hybridized carbons (Fsp3) is 0.381. The van der Waals surface area contributed by atoms with Gasteiger partial charge in [0.2, 0.25) is 10.0 Å². The Balaban J connectivity index is 1.61. The van der Waals surface area contributed by atoms with E-state index in [2.05, 4.69) is 0 Å². The highest BCUT2D eigenvalue weighted by atomic mass is 32.2. The molecule has 0 bridgehead atoms. The van der Waals surface area contributed by atoms with Crippen LogP contribution in [0, 0.1) is 5.92 Å². The molecule has 0 N–H and O–H groups in total. The van der Waals surface area contributed by atoms with Gasteiger partial charge in [-0.1, -0.05) is 12.1 Å². The fourth-order valence-corrected chi connectivity index (χ4v) is 4.70. The number of para-hydroxylation sites is 2. The Bertz CT molecular complexity index is 934. The van der Waals surface area contributed by atoms with E-state index >= 15 is 0 Å². The van der Waals surface area contributed by atoms with Gasteiger partial charge in [0, 0.05) is 13.1 Å². The molecule has 29 heavy (non-hydrogen) atoms. The summed E-state index contributed by atoms with van der Waals surface area (Å²) < 4.78 is 43.1. The molecule has 8 heteroatoms. The molecule has 1 saturated heterocycles. The largest absolute Gasteiger partial charge is 0.497 e. The standard InChI is InChI=1S/C21H25NO6S/c1-3-27-19-6-4-5-7-20(19)28-21(23)16-12-14-22(15-13-16)29(24,25)18-10-8-17(26-2)9-11-18/h4-11,16H,3,12-15H2,1-2H3. The smallest absolute Gasteiger partial charge is 0.314 e. The second-order valence-corrected chi connectivity index (χ2v) is 8.59. The summed E-state index contributed by atoms with van der Waals surface area (Å²) in [4.78, 5) is 12.8. The van der Waals surface area contributed by atoms with Gasteiger partial charge >= 0.3 is 5.97 Å². The van der Waals surface area contributed by atoms with Gasteiger partial charge in [0.1, 0.15) is 5.75 Å².